The Kier molecular flexibility index (Phi) is 8.11. The summed E-state index contributed by atoms with van der Waals surface area (Å²) in [4.78, 5) is 4.28. The summed E-state index contributed by atoms with van der Waals surface area (Å²) in [6.07, 6.45) is 4.16. The molecule has 1 atom stereocenters. The minimum absolute atomic E-state index is 0. The summed E-state index contributed by atoms with van der Waals surface area (Å²) < 4.78 is 27.9. The normalized spacial score (nSPS) is 12.1. The van der Waals surface area contributed by atoms with Crippen molar-refractivity contribution in [1.82, 2.24) is 15.0 Å². The fourth-order valence-corrected chi connectivity index (χ4v) is 4.18. The predicted molar refractivity (Wildman–Crippen MR) is 117 cm³/mol. The molecule has 0 aliphatic heterocycles. The number of rotatable bonds is 8. The maximum absolute atomic E-state index is 12.6. The van der Waals surface area contributed by atoms with Gasteiger partial charge in [0, 0.05) is 30.4 Å². The van der Waals surface area contributed by atoms with Crippen LogP contribution in [0.3, 0.4) is 0 Å². The van der Waals surface area contributed by atoms with Crippen molar-refractivity contribution in [2.24, 2.45) is 0 Å². The lowest BCUT2D eigenvalue weighted by Crippen LogP contribution is -2.40. The molecule has 2 aromatic carbocycles. The zero-order chi connectivity index (χ0) is 20.0. The Balaban J connectivity index is 0.00000300. The third kappa shape index (κ3) is 6.24. The maximum Gasteiger partial charge on any atom is 0.240 e. The van der Waals surface area contributed by atoms with E-state index in [-0.39, 0.29) is 23.3 Å². The van der Waals surface area contributed by atoms with Crippen molar-refractivity contribution < 1.29 is 8.42 Å². The molecule has 1 heterocycles. The van der Waals surface area contributed by atoms with Gasteiger partial charge in [-0.2, -0.15) is 5.26 Å². The molecule has 0 saturated carbocycles. The van der Waals surface area contributed by atoms with E-state index in [1.807, 2.05) is 19.1 Å². The van der Waals surface area contributed by atoms with Crippen molar-refractivity contribution in [3.63, 3.8) is 0 Å². The second-order valence-electron chi connectivity index (χ2n) is 6.67. The smallest absolute Gasteiger partial charge is 0.240 e. The molecule has 8 heteroatoms. The summed E-state index contributed by atoms with van der Waals surface area (Å²) >= 11 is 0. The number of pyridine rings is 1. The van der Waals surface area contributed by atoms with Crippen molar-refractivity contribution in [1.29, 1.82) is 5.26 Å². The lowest BCUT2D eigenvalue weighted by molar-refractivity contribution is 0.537. The Hall–Kier alpha value is -2.50. The van der Waals surface area contributed by atoms with Crippen LogP contribution in [0.4, 0.5) is 0 Å². The van der Waals surface area contributed by atoms with Gasteiger partial charge >= 0.3 is 0 Å². The highest BCUT2D eigenvalue weighted by molar-refractivity contribution is 7.89. The second-order valence-corrected chi connectivity index (χ2v) is 8.38. The van der Waals surface area contributed by atoms with Crippen LogP contribution in [0.25, 0.3) is 10.8 Å². The topological polar surface area (TPSA) is 94.9 Å². The van der Waals surface area contributed by atoms with Gasteiger partial charge in [-0.25, -0.2) is 13.1 Å². The van der Waals surface area contributed by atoms with Gasteiger partial charge in [0.15, 0.2) is 0 Å². The van der Waals surface area contributed by atoms with E-state index in [1.54, 1.807) is 48.8 Å². The van der Waals surface area contributed by atoms with Crippen molar-refractivity contribution in [3.8, 4) is 6.07 Å². The van der Waals surface area contributed by atoms with Crippen molar-refractivity contribution in [3.05, 3.63) is 72.1 Å². The Morgan fingerprint density at radius 2 is 1.86 bits per heavy atom. The highest BCUT2D eigenvalue weighted by atomic mass is 35.5. The Morgan fingerprint density at radius 1 is 1.10 bits per heavy atom. The molecule has 152 valence electrons. The quantitative estimate of drug-likeness (QED) is 0.535. The monoisotopic (exact) mass is 430 g/mol. The van der Waals surface area contributed by atoms with Gasteiger partial charge in [-0.15, -0.1) is 12.4 Å². The van der Waals surface area contributed by atoms with Crippen LogP contribution in [-0.4, -0.2) is 32.5 Å². The minimum atomic E-state index is -3.59. The first-order valence-corrected chi connectivity index (χ1v) is 10.5. The van der Waals surface area contributed by atoms with E-state index in [4.69, 9.17) is 5.26 Å². The highest BCUT2D eigenvalue weighted by Crippen LogP contribution is 2.18. The van der Waals surface area contributed by atoms with Crippen molar-refractivity contribution in [2.75, 3.05) is 13.1 Å². The first-order chi connectivity index (χ1) is 13.5. The molecule has 0 aliphatic rings. The highest BCUT2D eigenvalue weighted by Gasteiger charge is 2.17. The molecule has 0 bridgehead atoms. The Bertz CT molecular complexity index is 1100. The van der Waals surface area contributed by atoms with Gasteiger partial charge in [-0.3, -0.25) is 4.98 Å². The van der Waals surface area contributed by atoms with Crippen LogP contribution in [0.2, 0.25) is 0 Å². The molecule has 0 spiro atoms. The van der Waals surface area contributed by atoms with Gasteiger partial charge in [0.05, 0.1) is 16.5 Å². The summed E-state index contributed by atoms with van der Waals surface area (Å²) in [5.41, 5.74) is 1.77. The molecule has 2 N–H and O–H groups in total. The van der Waals surface area contributed by atoms with E-state index < -0.39 is 10.0 Å². The molecule has 0 amide bonds. The van der Waals surface area contributed by atoms with Gasteiger partial charge in [-0.1, -0.05) is 18.2 Å². The van der Waals surface area contributed by atoms with E-state index in [0.29, 0.717) is 12.1 Å². The molecule has 0 radical (unpaired) electrons. The summed E-state index contributed by atoms with van der Waals surface area (Å²) in [7, 11) is -3.59. The molecular weight excluding hydrogens is 408 g/mol. The molecule has 3 rings (SSSR count). The first kappa shape index (κ1) is 22.8. The van der Waals surface area contributed by atoms with Crippen LogP contribution in [0, 0.1) is 11.3 Å². The number of nitriles is 1. The summed E-state index contributed by atoms with van der Waals surface area (Å²) in [5, 5.41) is 13.8. The summed E-state index contributed by atoms with van der Waals surface area (Å²) in [6, 6.07) is 16.1. The third-order valence-electron chi connectivity index (χ3n) is 4.40. The fourth-order valence-electron chi connectivity index (χ4n) is 2.90. The number of sulfonamides is 1. The first-order valence-electron chi connectivity index (χ1n) is 9.04. The molecule has 0 aliphatic carbocycles. The van der Waals surface area contributed by atoms with Gasteiger partial charge in [0.2, 0.25) is 10.0 Å². The Morgan fingerprint density at radius 3 is 2.59 bits per heavy atom. The number of nitrogens with zero attached hydrogens (tertiary/aromatic N) is 2. The number of hydrogen-bond acceptors (Lipinski definition) is 5. The second kappa shape index (κ2) is 10.3. The average Bonchev–Trinajstić information content (AvgIpc) is 2.71. The fraction of sp³-hybridized carbons (Fsp3) is 0.238. The lowest BCUT2D eigenvalue weighted by Gasteiger charge is -2.15. The number of benzene rings is 2. The molecule has 6 nitrogen and oxygen atoms in total. The van der Waals surface area contributed by atoms with E-state index >= 15 is 0 Å². The van der Waals surface area contributed by atoms with Crippen molar-refractivity contribution >= 4 is 33.2 Å². The molecule has 1 unspecified atom stereocenters. The van der Waals surface area contributed by atoms with E-state index in [9.17, 15) is 8.42 Å². The molecule has 3 aromatic rings. The average molecular weight is 431 g/mol. The molecule has 0 saturated heterocycles. The predicted octanol–water partition coefficient (Wildman–Crippen LogP) is 3.03. The van der Waals surface area contributed by atoms with Crippen molar-refractivity contribution in [2.45, 2.75) is 24.3 Å². The number of fused-ring (bicyclic) bond motifs is 1. The van der Waals surface area contributed by atoms with E-state index in [1.165, 1.54) is 0 Å². The standard InChI is InChI=1S/C21H22N4O2S.ClH/c1-16(14-23-10-8-17-2-4-18(13-22)5-3-17)25-28(26,27)21-7-6-20-15-24-11-9-19(20)12-21;/h2-7,9,11-12,15-16,23,25H,8,10,14H2,1H3;1H. The Labute approximate surface area is 177 Å². The molecule has 1 aromatic heterocycles. The molecule has 29 heavy (non-hydrogen) atoms. The van der Waals surface area contributed by atoms with Crippen LogP contribution in [-0.2, 0) is 16.4 Å². The zero-order valence-corrected chi connectivity index (χ0v) is 17.6. The van der Waals surface area contributed by atoms with Gasteiger partial charge in [-0.05, 0) is 61.2 Å². The third-order valence-corrected chi connectivity index (χ3v) is 5.99. The number of halogens is 1. The van der Waals surface area contributed by atoms with E-state index in [2.05, 4.69) is 21.1 Å². The largest absolute Gasteiger partial charge is 0.315 e. The van der Waals surface area contributed by atoms with Gasteiger partial charge < -0.3 is 5.32 Å². The maximum atomic E-state index is 12.6. The molecule has 0 fully saturated rings. The van der Waals surface area contributed by atoms with Crippen LogP contribution >= 0.6 is 12.4 Å². The number of nitrogens with one attached hydrogen (secondary N) is 2. The summed E-state index contributed by atoms with van der Waals surface area (Å²) in [5.74, 6) is 0. The van der Waals surface area contributed by atoms with Gasteiger partial charge in [0.1, 0.15) is 0 Å². The zero-order valence-electron chi connectivity index (χ0n) is 16.0. The SMILES string of the molecule is CC(CNCCc1ccc(C#N)cc1)NS(=O)(=O)c1ccc2cnccc2c1.Cl. The van der Waals surface area contributed by atoms with E-state index in [0.717, 1.165) is 29.3 Å². The van der Waals surface area contributed by atoms with Gasteiger partial charge in [0.25, 0.3) is 0 Å². The number of aromatic nitrogens is 1. The molecular formula is C21H23ClN4O2S. The lowest BCUT2D eigenvalue weighted by atomic mass is 10.1. The van der Waals surface area contributed by atoms with Crippen LogP contribution in [0.1, 0.15) is 18.1 Å². The minimum Gasteiger partial charge on any atom is -0.315 e. The summed E-state index contributed by atoms with van der Waals surface area (Å²) in [6.45, 7) is 3.07. The van der Waals surface area contributed by atoms with Crippen LogP contribution < -0.4 is 10.0 Å². The number of hydrogen-bond donors (Lipinski definition) is 2. The van der Waals surface area contributed by atoms with Crippen LogP contribution in [0.15, 0.2) is 65.8 Å². The van der Waals surface area contributed by atoms with Crippen LogP contribution in [0.5, 0.6) is 0 Å².